The van der Waals surface area contributed by atoms with Crippen LogP contribution in [0.15, 0.2) is 18.2 Å². The van der Waals surface area contributed by atoms with E-state index in [-0.39, 0.29) is 43.5 Å². The number of carbonyl (C=O) groups excluding carboxylic acids is 3. The third kappa shape index (κ3) is 3.72. The van der Waals surface area contributed by atoms with Gasteiger partial charge < -0.3 is 10.1 Å². The molecule has 6 nitrogen and oxygen atoms in total. The molecular formula is C14H15ClN2O4. The minimum absolute atomic E-state index is 0.0349. The van der Waals surface area contributed by atoms with Crippen LogP contribution in [0.4, 0.5) is 5.69 Å². The number of halogens is 1. The molecule has 0 spiro atoms. The first-order chi connectivity index (χ1) is 10.0. The first kappa shape index (κ1) is 15.3. The Morgan fingerprint density at radius 2 is 2.00 bits per heavy atom. The summed E-state index contributed by atoms with van der Waals surface area (Å²) < 4.78 is 5.12. The maximum absolute atomic E-state index is 11.9. The SMILES string of the molecule is COc1ccc(Cl)cc1NC(=O)CCN1C(=O)CCC1=O. The maximum Gasteiger partial charge on any atom is 0.229 e. The van der Waals surface area contributed by atoms with Gasteiger partial charge in [0.15, 0.2) is 0 Å². The van der Waals surface area contributed by atoms with E-state index in [2.05, 4.69) is 5.32 Å². The zero-order valence-electron chi connectivity index (χ0n) is 11.5. The Hall–Kier alpha value is -2.08. The van der Waals surface area contributed by atoms with Gasteiger partial charge in [0, 0.05) is 30.8 Å². The fourth-order valence-corrected chi connectivity index (χ4v) is 2.25. The molecule has 1 fully saturated rings. The molecule has 7 heteroatoms. The quantitative estimate of drug-likeness (QED) is 0.842. The Kier molecular flexibility index (Phi) is 4.80. The molecule has 0 unspecified atom stereocenters. The monoisotopic (exact) mass is 310 g/mol. The lowest BCUT2D eigenvalue weighted by Crippen LogP contribution is -2.32. The van der Waals surface area contributed by atoms with Gasteiger partial charge in [-0.2, -0.15) is 0 Å². The molecule has 0 radical (unpaired) electrons. The molecule has 2 rings (SSSR count). The van der Waals surface area contributed by atoms with Crippen molar-refractivity contribution in [3.8, 4) is 5.75 Å². The highest BCUT2D eigenvalue weighted by Gasteiger charge is 2.28. The number of carbonyl (C=O) groups is 3. The third-order valence-electron chi connectivity index (χ3n) is 3.15. The zero-order chi connectivity index (χ0) is 15.4. The van der Waals surface area contributed by atoms with Crippen LogP contribution in [0, 0.1) is 0 Å². The van der Waals surface area contributed by atoms with Crippen LogP contribution in [0.3, 0.4) is 0 Å². The predicted molar refractivity (Wildman–Crippen MR) is 77.2 cm³/mol. The van der Waals surface area contributed by atoms with Gasteiger partial charge in [-0.1, -0.05) is 11.6 Å². The number of rotatable bonds is 5. The fraction of sp³-hybridized carbons (Fsp3) is 0.357. The van der Waals surface area contributed by atoms with Crippen molar-refractivity contribution in [2.45, 2.75) is 19.3 Å². The fourth-order valence-electron chi connectivity index (χ4n) is 2.08. The first-order valence-electron chi connectivity index (χ1n) is 6.48. The number of benzene rings is 1. The lowest BCUT2D eigenvalue weighted by Gasteiger charge is -2.14. The largest absolute Gasteiger partial charge is 0.495 e. The molecule has 0 saturated carbocycles. The molecule has 0 aliphatic carbocycles. The molecule has 0 atom stereocenters. The summed E-state index contributed by atoms with van der Waals surface area (Å²) in [6.07, 6.45) is 0.484. The van der Waals surface area contributed by atoms with E-state index in [1.54, 1.807) is 18.2 Å². The van der Waals surface area contributed by atoms with Crippen molar-refractivity contribution in [3.63, 3.8) is 0 Å². The summed E-state index contributed by atoms with van der Waals surface area (Å²) in [6, 6.07) is 4.87. The number of amides is 3. The zero-order valence-corrected chi connectivity index (χ0v) is 12.3. The molecule has 1 saturated heterocycles. The normalized spacial score (nSPS) is 14.5. The van der Waals surface area contributed by atoms with Gasteiger partial charge >= 0.3 is 0 Å². The van der Waals surface area contributed by atoms with Gasteiger partial charge in [-0.3, -0.25) is 19.3 Å². The van der Waals surface area contributed by atoms with Gasteiger partial charge in [0.1, 0.15) is 5.75 Å². The second kappa shape index (κ2) is 6.58. The summed E-state index contributed by atoms with van der Waals surface area (Å²) in [5.74, 6) is -0.287. The van der Waals surface area contributed by atoms with E-state index in [0.29, 0.717) is 16.5 Å². The van der Waals surface area contributed by atoms with E-state index >= 15 is 0 Å². The molecule has 112 valence electrons. The summed E-state index contributed by atoms with van der Waals surface area (Å²) >= 11 is 5.87. The number of anilines is 1. The van der Waals surface area contributed by atoms with Gasteiger partial charge in [-0.25, -0.2) is 0 Å². The summed E-state index contributed by atoms with van der Waals surface area (Å²) in [6.45, 7) is 0.0897. The molecule has 0 bridgehead atoms. The molecule has 1 N–H and O–H groups in total. The van der Waals surface area contributed by atoms with Crippen molar-refractivity contribution in [1.82, 2.24) is 4.90 Å². The molecule has 1 heterocycles. The Labute approximate surface area is 127 Å². The standard InChI is InChI=1S/C14H15ClN2O4/c1-21-11-3-2-9(15)8-10(11)16-12(18)6-7-17-13(19)4-5-14(17)20/h2-3,8H,4-7H2,1H3,(H,16,18). The van der Waals surface area contributed by atoms with Crippen LogP contribution in [0.1, 0.15) is 19.3 Å². The summed E-state index contributed by atoms with van der Waals surface area (Å²) in [4.78, 5) is 35.9. The molecule has 1 aromatic carbocycles. The van der Waals surface area contributed by atoms with Crippen LogP contribution in [0.25, 0.3) is 0 Å². The maximum atomic E-state index is 11.9. The highest BCUT2D eigenvalue weighted by Crippen LogP contribution is 2.27. The predicted octanol–water partition coefficient (Wildman–Crippen LogP) is 1.83. The van der Waals surface area contributed by atoms with Gasteiger partial charge in [-0.05, 0) is 18.2 Å². The molecule has 1 aromatic rings. The van der Waals surface area contributed by atoms with Crippen molar-refractivity contribution in [3.05, 3.63) is 23.2 Å². The van der Waals surface area contributed by atoms with Gasteiger partial charge in [0.05, 0.1) is 12.8 Å². The number of hydrogen-bond acceptors (Lipinski definition) is 4. The number of likely N-dealkylation sites (tertiary alicyclic amines) is 1. The lowest BCUT2D eigenvalue weighted by molar-refractivity contribution is -0.138. The van der Waals surface area contributed by atoms with Crippen molar-refractivity contribution in [2.75, 3.05) is 19.0 Å². The van der Waals surface area contributed by atoms with Gasteiger partial charge in [-0.15, -0.1) is 0 Å². The van der Waals surface area contributed by atoms with Crippen molar-refractivity contribution in [2.24, 2.45) is 0 Å². The molecular weight excluding hydrogens is 296 g/mol. The second-order valence-electron chi connectivity index (χ2n) is 4.58. The van der Waals surface area contributed by atoms with E-state index in [0.717, 1.165) is 4.90 Å². The van der Waals surface area contributed by atoms with E-state index in [4.69, 9.17) is 16.3 Å². The summed E-state index contributed by atoms with van der Waals surface area (Å²) in [7, 11) is 1.49. The van der Waals surface area contributed by atoms with Crippen LogP contribution in [0.2, 0.25) is 5.02 Å². The van der Waals surface area contributed by atoms with Gasteiger partial charge in [0.2, 0.25) is 17.7 Å². The number of nitrogens with one attached hydrogen (secondary N) is 1. The van der Waals surface area contributed by atoms with E-state index < -0.39 is 0 Å². The van der Waals surface area contributed by atoms with Gasteiger partial charge in [0.25, 0.3) is 0 Å². The highest BCUT2D eigenvalue weighted by atomic mass is 35.5. The third-order valence-corrected chi connectivity index (χ3v) is 3.39. The number of ether oxygens (including phenoxy) is 1. The number of imide groups is 1. The van der Waals surface area contributed by atoms with E-state index in [1.807, 2.05) is 0 Å². The molecule has 21 heavy (non-hydrogen) atoms. The Balaban J connectivity index is 1.94. The van der Waals surface area contributed by atoms with Crippen LogP contribution in [-0.2, 0) is 14.4 Å². The Morgan fingerprint density at radius 3 is 2.62 bits per heavy atom. The molecule has 1 aliphatic heterocycles. The molecule has 3 amide bonds. The minimum Gasteiger partial charge on any atom is -0.495 e. The summed E-state index contributed by atoms with van der Waals surface area (Å²) in [5.41, 5.74) is 0.453. The average molecular weight is 311 g/mol. The van der Waals surface area contributed by atoms with Crippen molar-refractivity contribution < 1.29 is 19.1 Å². The van der Waals surface area contributed by atoms with Crippen LogP contribution < -0.4 is 10.1 Å². The van der Waals surface area contributed by atoms with Crippen LogP contribution in [-0.4, -0.2) is 36.3 Å². The molecule has 0 aromatic heterocycles. The second-order valence-corrected chi connectivity index (χ2v) is 5.02. The Bertz CT molecular complexity index is 572. The highest BCUT2D eigenvalue weighted by molar-refractivity contribution is 6.31. The van der Waals surface area contributed by atoms with Crippen molar-refractivity contribution in [1.29, 1.82) is 0 Å². The van der Waals surface area contributed by atoms with Crippen LogP contribution in [0.5, 0.6) is 5.75 Å². The van der Waals surface area contributed by atoms with E-state index in [1.165, 1.54) is 7.11 Å². The smallest absolute Gasteiger partial charge is 0.229 e. The number of hydrogen-bond donors (Lipinski definition) is 1. The minimum atomic E-state index is -0.317. The first-order valence-corrected chi connectivity index (χ1v) is 6.85. The average Bonchev–Trinajstić information content (AvgIpc) is 2.76. The summed E-state index contributed by atoms with van der Waals surface area (Å²) in [5, 5.41) is 3.13. The van der Waals surface area contributed by atoms with E-state index in [9.17, 15) is 14.4 Å². The van der Waals surface area contributed by atoms with Crippen molar-refractivity contribution >= 4 is 35.0 Å². The lowest BCUT2D eigenvalue weighted by atomic mass is 10.2. The number of nitrogens with zero attached hydrogens (tertiary/aromatic N) is 1. The number of methoxy groups -OCH3 is 1. The topological polar surface area (TPSA) is 75.7 Å². The van der Waals surface area contributed by atoms with Crippen LogP contribution >= 0.6 is 11.6 Å². The molecule has 1 aliphatic rings. The Morgan fingerprint density at radius 1 is 1.33 bits per heavy atom.